The highest BCUT2D eigenvalue weighted by molar-refractivity contribution is 7.92. The van der Waals surface area contributed by atoms with Gasteiger partial charge in [0.1, 0.15) is 6.54 Å². The topological polar surface area (TPSA) is 66.5 Å². The smallest absolute Gasteiger partial charge is 0.264 e. The lowest BCUT2D eigenvalue weighted by Crippen LogP contribution is -2.43. The predicted molar refractivity (Wildman–Crippen MR) is 110 cm³/mol. The highest BCUT2D eigenvalue weighted by atomic mass is 35.5. The maximum absolute atomic E-state index is 13.2. The van der Waals surface area contributed by atoms with E-state index in [1.54, 1.807) is 12.1 Å². The molecule has 1 atom stereocenters. The molecule has 2 aromatic rings. The van der Waals surface area contributed by atoms with Crippen molar-refractivity contribution < 1.29 is 13.2 Å². The van der Waals surface area contributed by atoms with Gasteiger partial charge in [-0.15, -0.1) is 0 Å². The summed E-state index contributed by atoms with van der Waals surface area (Å²) in [7, 11) is -3.91. The Labute approximate surface area is 166 Å². The molecule has 0 aromatic heterocycles. The Bertz CT molecular complexity index is 865. The van der Waals surface area contributed by atoms with Crippen LogP contribution in [0.2, 0.25) is 5.02 Å². The van der Waals surface area contributed by atoms with Crippen LogP contribution in [0.15, 0.2) is 53.4 Å². The van der Waals surface area contributed by atoms with E-state index in [2.05, 4.69) is 5.32 Å². The molecule has 146 valence electrons. The molecule has 2 rings (SSSR count). The number of benzene rings is 2. The number of halogens is 1. The molecular formula is C20H25ClN2O3S. The highest BCUT2D eigenvalue weighted by Crippen LogP contribution is 2.25. The van der Waals surface area contributed by atoms with E-state index in [9.17, 15) is 13.2 Å². The maximum Gasteiger partial charge on any atom is 0.264 e. The average molecular weight is 409 g/mol. The number of hydrogen-bond donors (Lipinski definition) is 1. The van der Waals surface area contributed by atoms with Crippen LogP contribution in [0.4, 0.5) is 5.69 Å². The number of amides is 1. The fourth-order valence-corrected chi connectivity index (χ4v) is 4.26. The van der Waals surface area contributed by atoms with Gasteiger partial charge in [0.2, 0.25) is 5.91 Å². The minimum atomic E-state index is -3.91. The van der Waals surface area contributed by atoms with Crippen molar-refractivity contribution in [2.24, 2.45) is 0 Å². The van der Waals surface area contributed by atoms with Gasteiger partial charge in [-0.2, -0.15) is 0 Å². The lowest BCUT2D eigenvalue weighted by molar-refractivity contribution is -0.120. The minimum Gasteiger partial charge on any atom is -0.352 e. The van der Waals surface area contributed by atoms with Gasteiger partial charge in [0.25, 0.3) is 10.0 Å². The molecule has 7 heteroatoms. The van der Waals surface area contributed by atoms with Crippen LogP contribution in [0.25, 0.3) is 0 Å². The van der Waals surface area contributed by atoms with Crippen LogP contribution >= 0.6 is 11.6 Å². The number of carbonyl (C=O) groups is 1. The van der Waals surface area contributed by atoms with Gasteiger partial charge in [0.05, 0.1) is 10.6 Å². The second-order valence-corrected chi connectivity index (χ2v) is 8.86. The fraction of sp³-hybridized carbons (Fsp3) is 0.350. The Morgan fingerprint density at radius 1 is 1.11 bits per heavy atom. The van der Waals surface area contributed by atoms with Gasteiger partial charge in [-0.1, -0.05) is 42.6 Å². The second kappa shape index (κ2) is 9.24. The summed E-state index contributed by atoms with van der Waals surface area (Å²) in [6.07, 6.45) is 1.77. The molecule has 0 aliphatic rings. The number of hydrogen-bond acceptors (Lipinski definition) is 3. The summed E-state index contributed by atoms with van der Waals surface area (Å²) >= 11 is 5.87. The van der Waals surface area contributed by atoms with E-state index < -0.39 is 10.0 Å². The Balaban J connectivity index is 2.36. The molecule has 0 radical (unpaired) electrons. The van der Waals surface area contributed by atoms with Gasteiger partial charge in [-0.25, -0.2) is 8.42 Å². The Hall–Kier alpha value is -2.05. The van der Waals surface area contributed by atoms with E-state index in [1.165, 1.54) is 24.3 Å². The van der Waals surface area contributed by atoms with Gasteiger partial charge in [0.15, 0.2) is 0 Å². The summed E-state index contributed by atoms with van der Waals surface area (Å²) in [5.41, 5.74) is 1.44. The van der Waals surface area contributed by atoms with E-state index in [0.717, 1.165) is 22.7 Å². The number of carbonyl (C=O) groups excluding carboxylic acids is 1. The molecule has 1 N–H and O–H groups in total. The van der Waals surface area contributed by atoms with Crippen LogP contribution in [-0.4, -0.2) is 26.9 Å². The van der Waals surface area contributed by atoms with Crippen LogP contribution < -0.4 is 9.62 Å². The third-order valence-corrected chi connectivity index (χ3v) is 6.18. The number of nitrogens with one attached hydrogen (secondary N) is 1. The van der Waals surface area contributed by atoms with Gasteiger partial charge in [-0.05, 0) is 56.7 Å². The zero-order valence-electron chi connectivity index (χ0n) is 15.8. The molecule has 0 spiro atoms. The number of nitrogens with zero attached hydrogens (tertiary/aromatic N) is 1. The van der Waals surface area contributed by atoms with Crippen LogP contribution in [0.3, 0.4) is 0 Å². The summed E-state index contributed by atoms with van der Waals surface area (Å²) in [6, 6.07) is 12.9. The third-order valence-electron chi connectivity index (χ3n) is 4.14. The molecule has 1 amide bonds. The predicted octanol–water partition coefficient (Wildman–Crippen LogP) is 4.15. The molecule has 0 aliphatic carbocycles. The molecule has 0 aliphatic heterocycles. The van der Waals surface area contributed by atoms with Crippen LogP contribution in [0.1, 0.15) is 32.3 Å². The first-order chi connectivity index (χ1) is 12.7. The molecule has 0 heterocycles. The summed E-state index contributed by atoms with van der Waals surface area (Å²) in [5.74, 6) is -0.339. The Morgan fingerprint density at radius 2 is 1.70 bits per heavy atom. The molecule has 0 unspecified atom stereocenters. The standard InChI is InChI=1S/C20H25ClN2O3S/c1-4-5-16(3)22-20(24)14-23(18-10-6-15(2)7-11-18)27(25,26)19-12-8-17(21)9-13-19/h6-13,16H,4-5,14H2,1-3H3,(H,22,24)/t16-/m1/s1. The summed E-state index contributed by atoms with van der Waals surface area (Å²) in [5, 5.41) is 3.31. The molecule has 0 bridgehead atoms. The maximum atomic E-state index is 13.2. The lowest BCUT2D eigenvalue weighted by Gasteiger charge is -2.25. The molecule has 0 fully saturated rings. The summed E-state index contributed by atoms with van der Waals surface area (Å²) in [4.78, 5) is 12.6. The minimum absolute atomic E-state index is 0.0133. The Kier molecular flexibility index (Phi) is 7.27. The first kappa shape index (κ1) is 21.3. The second-order valence-electron chi connectivity index (χ2n) is 6.56. The first-order valence-electron chi connectivity index (χ1n) is 8.88. The van der Waals surface area contributed by atoms with Crippen molar-refractivity contribution in [1.82, 2.24) is 5.32 Å². The van der Waals surface area contributed by atoms with E-state index >= 15 is 0 Å². The van der Waals surface area contributed by atoms with Crippen molar-refractivity contribution >= 4 is 33.2 Å². The van der Waals surface area contributed by atoms with Crippen molar-refractivity contribution in [3.05, 3.63) is 59.1 Å². The number of anilines is 1. The van der Waals surface area contributed by atoms with Crippen molar-refractivity contribution in [1.29, 1.82) is 0 Å². The molecule has 5 nitrogen and oxygen atoms in total. The quantitative estimate of drug-likeness (QED) is 0.713. The fourth-order valence-electron chi connectivity index (χ4n) is 2.72. The van der Waals surface area contributed by atoms with Gasteiger partial charge in [-0.3, -0.25) is 9.10 Å². The molecule has 0 saturated heterocycles. The van der Waals surface area contributed by atoms with Crippen LogP contribution in [0.5, 0.6) is 0 Å². The van der Waals surface area contributed by atoms with Gasteiger partial charge in [0, 0.05) is 11.1 Å². The van der Waals surface area contributed by atoms with Crippen molar-refractivity contribution in [3.8, 4) is 0 Å². The molecule has 27 heavy (non-hydrogen) atoms. The molecule has 0 saturated carbocycles. The van der Waals surface area contributed by atoms with E-state index in [4.69, 9.17) is 11.6 Å². The summed E-state index contributed by atoms with van der Waals surface area (Å²) < 4.78 is 27.5. The van der Waals surface area contributed by atoms with Gasteiger partial charge < -0.3 is 5.32 Å². The van der Waals surface area contributed by atoms with Crippen LogP contribution in [0, 0.1) is 6.92 Å². The number of sulfonamides is 1. The average Bonchev–Trinajstić information content (AvgIpc) is 2.61. The largest absolute Gasteiger partial charge is 0.352 e. The van der Waals surface area contributed by atoms with Crippen LogP contribution in [-0.2, 0) is 14.8 Å². The first-order valence-corrected chi connectivity index (χ1v) is 10.7. The summed E-state index contributed by atoms with van der Waals surface area (Å²) in [6.45, 7) is 5.57. The Morgan fingerprint density at radius 3 is 2.26 bits per heavy atom. The number of rotatable bonds is 8. The SMILES string of the molecule is CCC[C@@H](C)NC(=O)CN(c1ccc(C)cc1)S(=O)(=O)c1ccc(Cl)cc1. The third kappa shape index (κ3) is 5.71. The monoisotopic (exact) mass is 408 g/mol. The molecule has 2 aromatic carbocycles. The van der Waals surface area contributed by atoms with Gasteiger partial charge >= 0.3 is 0 Å². The van der Waals surface area contributed by atoms with E-state index in [-0.39, 0.29) is 23.4 Å². The molecular weight excluding hydrogens is 384 g/mol. The highest BCUT2D eigenvalue weighted by Gasteiger charge is 2.27. The van der Waals surface area contributed by atoms with Crippen molar-refractivity contribution in [2.45, 2.75) is 44.6 Å². The zero-order valence-corrected chi connectivity index (χ0v) is 17.3. The van der Waals surface area contributed by atoms with E-state index in [0.29, 0.717) is 10.7 Å². The van der Waals surface area contributed by atoms with Crippen molar-refractivity contribution in [3.63, 3.8) is 0 Å². The lowest BCUT2D eigenvalue weighted by atomic mass is 10.2. The van der Waals surface area contributed by atoms with E-state index in [1.807, 2.05) is 32.9 Å². The number of aryl methyl sites for hydroxylation is 1. The van der Waals surface area contributed by atoms with Crippen molar-refractivity contribution in [2.75, 3.05) is 10.8 Å². The zero-order chi connectivity index (χ0) is 20.0. The normalized spacial score (nSPS) is 12.4.